The molecule has 106 valence electrons. The quantitative estimate of drug-likeness (QED) is 0.907. The van der Waals surface area contributed by atoms with Gasteiger partial charge in [0.25, 0.3) is 0 Å². The van der Waals surface area contributed by atoms with Gasteiger partial charge in [0.1, 0.15) is 0 Å². The lowest BCUT2D eigenvalue weighted by Gasteiger charge is -2.34. The van der Waals surface area contributed by atoms with Gasteiger partial charge in [-0.1, -0.05) is 29.3 Å². The summed E-state index contributed by atoms with van der Waals surface area (Å²) in [5, 5.41) is 10.6. The summed E-state index contributed by atoms with van der Waals surface area (Å²) >= 11 is 11.8. The number of hydrogen-bond acceptors (Lipinski definition) is 2. The molecule has 0 aliphatic rings. The van der Waals surface area contributed by atoms with Crippen LogP contribution in [0.25, 0.3) is 0 Å². The highest BCUT2D eigenvalue weighted by Gasteiger charge is 2.26. The van der Waals surface area contributed by atoms with Gasteiger partial charge < -0.3 is 10.0 Å². The molecule has 0 heterocycles. The summed E-state index contributed by atoms with van der Waals surface area (Å²) in [6.45, 7) is 2.11. The largest absolute Gasteiger partial charge is 0.394 e. The Hall–Kier alpha value is 0.300. The van der Waals surface area contributed by atoms with E-state index in [1.54, 1.807) is 6.07 Å². The number of rotatable bonds is 4. The zero-order chi connectivity index (χ0) is 12.3. The number of likely N-dealkylation sites (N-methyl/N-ethyl adjacent to an activating group) is 1. The first-order valence-electron chi connectivity index (χ1n) is 5.11. The van der Waals surface area contributed by atoms with E-state index in [1.807, 2.05) is 38.1 Å². The fraction of sp³-hybridized carbons (Fsp3) is 0.500. The summed E-state index contributed by atoms with van der Waals surface area (Å²) in [6.07, 6.45) is 0.730. The van der Waals surface area contributed by atoms with Crippen molar-refractivity contribution in [2.24, 2.45) is 0 Å². The molecule has 1 N–H and O–H groups in total. The molecule has 1 unspecified atom stereocenters. The number of hydrogen-bond donors (Lipinski definition) is 1. The Morgan fingerprint density at radius 1 is 1.17 bits per heavy atom. The minimum absolute atomic E-state index is 0. The zero-order valence-corrected chi connectivity index (χ0v) is 13.8. The van der Waals surface area contributed by atoms with Gasteiger partial charge in [-0.05, 0) is 45.1 Å². The Morgan fingerprint density at radius 2 is 1.72 bits per heavy atom. The van der Waals surface area contributed by atoms with Crippen LogP contribution in [0.5, 0.6) is 0 Å². The molecule has 0 bridgehead atoms. The van der Waals surface area contributed by atoms with Gasteiger partial charge in [0, 0.05) is 5.54 Å². The van der Waals surface area contributed by atoms with Crippen LogP contribution in [-0.2, 0) is 6.42 Å². The average molecular weight is 335 g/mol. The van der Waals surface area contributed by atoms with Crippen LogP contribution < -0.4 is 0 Å². The lowest BCUT2D eigenvalue weighted by atomic mass is 9.92. The first-order chi connectivity index (χ1) is 7.39. The van der Waals surface area contributed by atoms with Crippen LogP contribution in [0.15, 0.2) is 18.2 Å². The second kappa shape index (κ2) is 8.47. The molecular weight excluding hydrogens is 316 g/mol. The molecule has 1 rings (SSSR count). The van der Waals surface area contributed by atoms with E-state index in [0.29, 0.717) is 10.0 Å². The van der Waals surface area contributed by atoms with E-state index in [4.69, 9.17) is 23.2 Å². The highest BCUT2D eigenvalue weighted by atomic mass is 35.5. The molecule has 0 spiro atoms. The van der Waals surface area contributed by atoms with Crippen LogP contribution in [0.3, 0.4) is 0 Å². The monoisotopic (exact) mass is 333 g/mol. The molecule has 18 heavy (non-hydrogen) atoms. The predicted molar refractivity (Wildman–Crippen MR) is 83.8 cm³/mol. The maximum absolute atomic E-state index is 9.44. The normalized spacial score (nSPS) is 13.5. The second-order valence-electron chi connectivity index (χ2n) is 4.47. The molecule has 0 radical (unpaired) electrons. The molecule has 1 aromatic carbocycles. The molecule has 0 aliphatic heterocycles. The van der Waals surface area contributed by atoms with Crippen molar-refractivity contribution in [2.45, 2.75) is 18.9 Å². The first-order valence-corrected chi connectivity index (χ1v) is 5.87. The van der Waals surface area contributed by atoms with Gasteiger partial charge in [-0.25, -0.2) is 0 Å². The van der Waals surface area contributed by atoms with Crippen molar-refractivity contribution < 1.29 is 5.11 Å². The fourth-order valence-corrected chi connectivity index (χ4v) is 1.77. The Morgan fingerprint density at radius 3 is 2.11 bits per heavy atom. The summed E-state index contributed by atoms with van der Waals surface area (Å²) in [5.74, 6) is 0. The third kappa shape index (κ3) is 5.12. The maximum Gasteiger partial charge on any atom is 0.0615 e. The number of benzene rings is 1. The topological polar surface area (TPSA) is 23.5 Å². The van der Waals surface area contributed by atoms with Crippen LogP contribution in [-0.4, -0.2) is 36.2 Å². The minimum Gasteiger partial charge on any atom is -0.394 e. The number of aliphatic hydroxyl groups excluding tert-OH is 1. The van der Waals surface area contributed by atoms with Crippen LogP contribution >= 0.6 is 48.0 Å². The predicted octanol–water partition coefficient (Wildman–Crippen LogP) is 3.69. The van der Waals surface area contributed by atoms with Gasteiger partial charge in [0.05, 0.1) is 16.7 Å². The molecule has 6 heteroatoms. The van der Waals surface area contributed by atoms with E-state index in [9.17, 15) is 5.11 Å². The molecule has 2 nitrogen and oxygen atoms in total. The second-order valence-corrected chi connectivity index (χ2v) is 5.29. The SMILES string of the molecule is CN(C)C(C)(CO)Cc1ccc(Cl)c(Cl)c1.Cl.Cl. The molecule has 0 aliphatic carbocycles. The van der Waals surface area contributed by atoms with Gasteiger partial charge in [0.2, 0.25) is 0 Å². The molecule has 1 aromatic rings. The van der Waals surface area contributed by atoms with Gasteiger partial charge in [-0.2, -0.15) is 0 Å². The van der Waals surface area contributed by atoms with Crippen LogP contribution in [0.1, 0.15) is 12.5 Å². The Balaban J connectivity index is 0. The van der Waals surface area contributed by atoms with Crippen LogP contribution in [0.2, 0.25) is 10.0 Å². The highest BCUT2D eigenvalue weighted by molar-refractivity contribution is 6.42. The van der Waals surface area contributed by atoms with E-state index in [1.165, 1.54) is 0 Å². The van der Waals surface area contributed by atoms with Gasteiger partial charge in [-0.3, -0.25) is 0 Å². The fourth-order valence-electron chi connectivity index (χ4n) is 1.44. The number of nitrogens with zero attached hydrogens (tertiary/aromatic N) is 1. The van der Waals surface area contributed by atoms with Gasteiger partial charge in [0.15, 0.2) is 0 Å². The van der Waals surface area contributed by atoms with Crippen molar-refractivity contribution in [3.05, 3.63) is 33.8 Å². The Labute approximate surface area is 131 Å². The molecule has 0 saturated carbocycles. The number of aliphatic hydroxyl groups is 1. The summed E-state index contributed by atoms with van der Waals surface area (Å²) in [6, 6.07) is 5.57. The van der Waals surface area contributed by atoms with Crippen molar-refractivity contribution in [1.82, 2.24) is 4.90 Å². The van der Waals surface area contributed by atoms with Crippen molar-refractivity contribution in [2.75, 3.05) is 20.7 Å². The molecule has 0 fully saturated rings. The Bertz CT molecular complexity index is 373. The molecule has 0 aromatic heterocycles. The van der Waals surface area contributed by atoms with E-state index in [2.05, 4.69) is 0 Å². The van der Waals surface area contributed by atoms with E-state index < -0.39 is 0 Å². The van der Waals surface area contributed by atoms with Gasteiger partial charge >= 0.3 is 0 Å². The lowest BCUT2D eigenvalue weighted by Crippen LogP contribution is -2.46. The summed E-state index contributed by atoms with van der Waals surface area (Å²) in [4.78, 5) is 2.01. The van der Waals surface area contributed by atoms with E-state index in [0.717, 1.165) is 12.0 Å². The van der Waals surface area contributed by atoms with E-state index >= 15 is 0 Å². The van der Waals surface area contributed by atoms with Crippen LogP contribution in [0, 0.1) is 0 Å². The van der Waals surface area contributed by atoms with Crippen molar-refractivity contribution in [1.29, 1.82) is 0 Å². The molecule has 0 amide bonds. The first kappa shape index (κ1) is 20.6. The van der Waals surface area contributed by atoms with Crippen molar-refractivity contribution in [3.8, 4) is 0 Å². The van der Waals surface area contributed by atoms with Gasteiger partial charge in [-0.15, -0.1) is 24.8 Å². The zero-order valence-electron chi connectivity index (χ0n) is 10.6. The summed E-state index contributed by atoms with van der Waals surface area (Å²) < 4.78 is 0. The van der Waals surface area contributed by atoms with E-state index in [-0.39, 0.29) is 37.0 Å². The van der Waals surface area contributed by atoms with Crippen LogP contribution in [0.4, 0.5) is 0 Å². The maximum atomic E-state index is 9.44. The summed E-state index contributed by atoms with van der Waals surface area (Å²) in [7, 11) is 3.90. The van der Waals surface area contributed by atoms with Crippen molar-refractivity contribution >= 4 is 48.0 Å². The third-order valence-corrected chi connectivity index (χ3v) is 3.73. The lowest BCUT2D eigenvalue weighted by molar-refractivity contribution is 0.0842. The number of halogens is 4. The average Bonchev–Trinajstić information content (AvgIpc) is 2.23. The Kier molecular flexibility index (Phi) is 9.70. The molecular formula is C12H19Cl4NO. The highest BCUT2D eigenvalue weighted by Crippen LogP contribution is 2.25. The third-order valence-electron chi connectivity index (χ3n) is 2.99. The smallest absolute Gasteiger partial charge is 0.0615 e. The molecule has 1 atom stereocenters. The standard InChI is InChI=1S/C12H17Cl2NO.2ClH/c1-12(8-16,15(2)3)7-9-4-5-10(13)11(14)6-9;;/h4-6,16H,7-8H2,1-3H3;2*1H. The molecule has 0 saturated heterocycles. The minimum atomic E-state index is -0.281. The van der Waals surface area contributed by atoms with Crippen molar-refractivity contribution in [3.63, 3.8) is 0 Å². The summed E-state index contributed by atoms with van der Waals surface area (Å²) in [5.41, 5.74) is 0.789.